The van der Waals surface area contributed by atoms with Crippen molar-refractivity contribution in [3.63, 3.8) is 0 Å². The Kier molecular flexibility index (Phi) is 7.06. The van der Waals surface area contributed by atoms with Crippen LogP contribution in [-0.2, 0) is 25.5 Å². The third kappa shape index (κ3) is 5.49. The molecular formula is C18H24ClNO4. The largest absolute Gasteiger partial charge is 0.469 e. The summed E-state index contributed by atoms with van der Waals surface area (Å²) in [6, 6.07) is 7.22. The molecule has 1 aromatic carbocycles. The number of ether oxygens (including phenoxy) is 2. The smallest absolute Gasteiger partial charge is 0.310 e. The standard InChI is InChI=1S/C18H24ClNO4/c1-13(18(22)23-2)11-20(12-16-4-3-9-24-16)17(21)10-14-5-7-15(19)8-6-14/h5-8,13,16H,3-4,9-12H2,1-2H3. The number of nitrogens with zero attached hydrogens (tertiary/aromatic N) is 1. The maximum atomic E-state index is 12.7. The van der Waals surface area contributed by atoms with Gasteiger partial charge in [-0.25, -0.2) is 0 Å². The SMILES string of the molecule is COC(=O)C(C)CN(CC1CCCO1)C(=O)Cc1ccc(Cl)cc1. The molecule has 1 heterocycles. The number of rotatable bonds is 7. The van der Waals surface area contributed by atoms with Crippen molar-refractivity contribution in [3.8, 4) is 0 Å². The fourth-order valence-corrected chi connectivity index (χ4v) is 2.93. The molecule has 0 N–H and O–H groups in total. The molecule has 2 unspecified atom stereocenters. The van der Waals surface area contributed by atoms with Crippen molar-refractivity contribution >= 4 is 23.5 Å². The van der Waals surface area contributed by atoms with E-state index in [4.69, 9.17) is 21.1 Å². The van der Waals surface area contributed by atoms with E-state index in [9.17, 15) is 9.59 Å². The van der Waals surface area contributed by atoms with Crippen molar-refractivity contribution in [2.24, 2.45) is 5.92 Å². The lowest BCUT2D eigenvalue weighted by molar-refractivity contribution is -0.146. The molecule has 0 bridgehead atoms. The van der Waals surface area contributed by atoms with Gasteiger partial charge < -0.3 is 14.4 Å². The molecule has 1 aliphatic rings. The average Bonchev–Trinajstić information content (AvgIpc) is 3.08. The highest BCUT2D eigenvalue weighted by atomic mass is 35.5. The number of hydrogen-bond donors (Lipinski definition) is 0. The summed E-state index contributed by atoms with van der Waals surface area (Å²) in [7, 11) is 1.36. The first kappa shape index (κ1) is 18.7. The Bertz CT molecular complexity index is 555. The van der Waals surface area contributed by atoms with Crippen LogP contribution < -0.4 is 0 Å². The Hall–Kier alpha value is -1.59. The molecule has 1 amide bonds. The van der Waals surface area contributed by atoms with Crippen LogP contribution in [0.15, 0.2) is 24.3 Å². The maximum absolute atomic E-state index is 12.7. The number of esters is 1. The van der Waals surface area contributed by atoms with E-state index in [0.717, 1.165) is 25.0 Å². The fourth-order valence-electron chi connectivity index (χ4n) is 2.81. The highest BCUT2D eigenvalue weighted by Gasteiger charge is 2.26. The van der Waals surface area contributed by atoms with E-state index >= 15 is 0 Å². The number of benzene rings is 1. The molecule has 132 valence electrons. The van der Waals surface area contributed by atoms with Crippen LogP contribution in [0, 0.1) is 5.92 Å². The highest BCUT2D eigenvalue weighted by Crippen LogP contribution is 2.16. The molecule has 0 spiro atoms. The van der Waals surface area contributed by atoms with Crippen LogP contribution in [0.2, 0.25) is 5.02 Å². The second kappa shape index (κ2) is 9.04. The Morgan fingerprint density at radius 1 is 1.38 bits per heavy atom. The van der Waals surface area contributed by atoms with E-state index in [-0.39, 0.29) is 30.3 Å². The Morgan fingerprint density at radius 3 is 2.67 bits per heavy atom. The Labute approximate surface area is 147 Å². The molecule has 2 rings (SSSR count). The third-order valence-electron chi connectivity index (χ3n) is 4.17. The van der Waals surface area contributed by atoms with Crippen molar-refractivity contribution in [1.82, 2.24) is 4.90 Å². The number of hydrogen-bond acceptors (Lipinski definition) is 4. The quantitative estimate of drug-likeness (QED) is 0.707. The van der Waals surface area contributed by atoms with Crippen molar-refractivity contribution < 1.29 is 19.1 Å². The highest BCUT2D eigenvalue weighted by molar-refractivity contribution is 6.30. The zero-order chi connectivity index (χ0) is 17.5. The summed E-state index contributed by atoms with van der Waals surface area (Å²) < 4.78 is 10.4. The predicted molar refractivity (Wildman–Crippen MR) is 91.9 cm³/mol. The van der Waals surface area contributed by atoms with E-state index in [0.29, 0.717) is 18.1 Å². The summed E-state index contributed by atoms with van der Waals surface area (Å²) in [6.07, 6.45) is 2.27. The van der Waals surface area contributed by atoms with Gasteiger partial charge in [0.1, 0.15) is 0 Å². The minimum Gasteiger partial charge on any atom is -0.469 e. The first-order valence-corrected chi connectivity index (χ1v) is 8.59. The molecule has 2 atom stereocenters. The van der Waals surface area contributed by atoms with Gasteiger partial charge in [0, 0.05) is 24.7 Å². The molecule has 1 fully saturated rings. The lowest BCUT2D eigenvalue weighted by Gasteiger charge is -2.27. The van der Waals surface area contributed by atoms with E-state index in [1.54, 1.807) is 24.0 Å². The number of methoxy groups -OCH3 is 1. The number of halogens is 1. The van der Waals surface area contributed by atoms with Crippen LogP contribution in [0.1, 0.15) is 25.3 Å². The lowest BCUT2D eigenvalue weighted by atomic mass is 10.1. The summed E-state index contributed by atoms with van der Waals surface area (Å²) in [6.45, 7) is 3.34. The Morgan fingerprint density at radius 2 is 2.08 bits per heavy atom. The van der Waals surface area contributed by atoms with E-state index in [2.05, 4.69) is 0 Å². The van der Waals surface area contributed by atoms with Gasteiger partial charge in [-0.1, -0.05) is 30.7 Å². The summed E-state index contributed by atoms with van der Waals surface area (Å²) in [5, 5.41) is 0.640. The van der Waals surface area contributed by atoms with Crippen LogP contribution in [0.4, 0.5) is 0 Å². The molecular weight excluding hydrogens is 330 g/mol. The van der Waals surface area contributed by atoms with Crippen molar-refractivity contribution in [2.45, 2.75) is 32.3 Å². The second-order valence-electron chi connectivity index (χ2n) is 6.16. The minimum absolute atomic E-state index is 0.0245. The third-order valence-corrected chi connectivity index (χ3v) is 4.42. The lowest BCUT2D eigenvalue weighted by Crippen LogP contribution is -2.42. The molecule has 0 aliphatic carbocycles. The summed E-state index contributed by atoms with van der Waals surface area (Å²) in [5.41, 5.74) is 0.896. The van der Waals surface area contributed by atoms with Crippen LogP contribution in [0.5, 0.6) is 0 Å². The first-order valence-electron chi connectivity index (χ1n) is 8.21. The van der Waals surface area contributed by atoms with Gasteiger partial charge in [-0.15, -0.1) is 0 Å². The number of carbonyl (C=O) groups is 2. The van der Waals surface area contributed by atoms with Crippen molar-refractivity contribution in [1.29, 1.82) is 0 Å². The second-order valence-corrected chi connectivity index (χ2v) is 6.60. The van der Waals surface area contributed by atoms with Gasteiger partial charge in [0.05, 0.1) is 25.6 Å². The van der Waals surface area contributed by atoms with Crippen LogP contribution in [0.3, 0.4) is 0 Å². The van der Waals surface area contributed by atoms with E-state index in [1.807, 2.05) is 12.1 Å². The van der Waals surface area contributed by atoms with Crippen molar-refractivity contribution in [2.75, 3.05) is 26.8 Å². The van der Waals surface area contributed by atoms with Crippen LogP contribution in [0.25, 0.3) is 0 Å². The summed E-state index contributed by atoms with van der Waals surface area (Å²) in [5.74, 6) is -0.708. The molecule has 0 saturated carbocycles. The monoisotopic (exact) mass is 353 g/mol. The zero-order valence-corrected chi connectivity index (χ0v) is 14.9. The van der Waals surface area contributed by atoms with Gasteiger partial charge in [-0.3, -0.25) is 9.59 Å². The Balaban J connectivity index is 2.03. The zero-order valence-electron chi connectivity index (χ0n) is 14.2. The van der Waals surface area contributed by atoms with Gasteiger partial charge in [0.2, 0.25) is 5.91 Å². The summed E-state index contributed by atoms with van der Waals surface area (Å²) in [4.78, 5) is 26.1. The molecule has 0 aromatic heterocycles. The predicted octanol–water partition coefficient (Wildman–Crippen LogP) is 2.70. The number of carbonyl (C=O) groups excluding carboxylic acids is 2. The molecule has 5 nitrogen and oxygen atoms in total. The number of amides is 1. The topological polar surface area (TPSA) is 55.8 Å². The van der Waals surface area contributed by atoms with Crippen LogP contribution in [-0.4, -0.2) is 49.7 Å². The molecule has 6 heteroatoms. The molecule has 1 saturated heterocycles. The fraction of sp³-hybridized carbons (Fsp3) is 0.556. The van der Waals surface area contributed by atoms with Gasteiger partial charge in [0.25, 0.3) is 0 Å². The molecule has 1 aliphatic heterocycles. The van der Waals surface area contributed by atoms with Gasteiger partial charge in [-0.2, -0.15) is 0 Å². The van der Waals surface area contributed by atoms with Gasteiger partial charge in [0.15, 0.2) is 0 Å². The van der Waals surface area contributed by atoms with Gasteiger partial charge >= 0.3 is 5.97 Å². The van der Waals surface area contributed by atoms with Crippen molar-refractivity contribution in [3.05, 3.63) is 34.9 Å². The first-order chi connectivity index (χ1) is 11.5. The average molecular weight is 354 g/mol. The summed E-state index contributed by atoms with van der Waals surface area (Å²) >= 11 is 5.88. The molecule has 0 radical (unpaired) electrons. The van der Waals surface area contributed by atoms with E-state index < -0.39 is 0 Å². The molecule has 24 heavy (non-hydrogen) atoms. The van der Waals surface area contributed by atoms with Crippen LogP contribution >= 0.6 is 11.6 Å². The maximum Gasteiger partial charge on any atom is 0.310 e. The normalized spacial score (nSPS) is 18.2. The van der Waals surface area contributed by atoms with Gasteiger partial charge in [-0.05, 0) is 30.5 Å². The van der Waals surface area contributed by atoms with E-state index in [1.165, 1.54) is 7.11 Å². The molecule has 1 aromatic rings. The minimum atomic E-state index is -0.370.